The summed E-state index contributed by atoms with van der Waals surface area (Å²) in [7, 11) is 1.58. The molecule has 0 saturated heterocycles. The van der Waals surface area contributed by atoms with Crippen LogP contribution in [0.25, 0.3) is 22.4 Å². The van der Waals surface area contributed by atoms with Crippen LogP contribution in [0.2, 0.25) is 0 Å². The smallest absolute Gasteiger partial charge is 0.262 e. The molecule has 18 heavy (non-hydrogen) atoms. The van der Waals surface area contributed by atoms with Crippen molar-refractivity contribution in [1.29, 1.82) is 0 Å². The molecule has 0 fully saturated rings. The maximum absolute atomic E-state index is 11.7. The van der Waals surface area contributed by atoms with Gasteiger partial charge in [-0.3, -0.25) is 9.78 Å². The van der Waals surface area contributed by atoms with Crippen LogP contribution in [0.4, 0.5) is 0 Å². The number of methoxy groups -OCH3 is 1. The van der Waals surface area contributed by atoms with E-state index in [0.717, 1.165) is 5.39 Å². The van der Waals surface area contributed by atoms with Gasteiger partial charge in [0.15, 0.2) is 0 Å². The van der Waals surface area contributed by atoms with E-state index in [1.165, 1.54) is 0 Å². The largest absolute Gasteiger partial charge is 0.497 e. The number of hydrogen-bond donors (Lipinski definition) is 1. The third-order valence-electron chi connectivity index (χ3n) is 2.62. The summed E-state index contributed by atoms with van der Waals surface area (Å²) in [5.41, 5.74) is 0.679. The number of nitrogens with one attached hydrogen (secondary N) is 1. The van der Waals surface area contributed by atoms with Gasteiger partial charge in [-0.2, -0.15) is 4.98 Å². The molecule has 0 saturated carbocycles. The first-order valence-electron chi connectivity index (χ1n) is 5.19. The summed E-state index contributed by atoms with van der Waals surface area (Å²) >= 11 is 4.84. The predicted molar refractivity (Wildman–Crippen MR) is 68.6 cm³/mol. The lowest BCUT2D eigenvalue weighted by Crippen LogP contribution is -2.11. The zero-order valence-corrected chi connectivity index (χ0v) is 10.2. The zero-order chi connectivity index (χ0) is 12.7. The number of fused-ring (bicyclic) bond motifs is 2. The second-order valence-corrected chi connectivity index (χ2v) is 4.13. The number of hydrogen-bond acceptors (Lipinski definition) is 5. The molecular weight excluding hydrogens is 252 g/mol. The fourth-order valence-corrected chi connectivity index (χ4v) is 1.94. The van der Waals surface area contributed by atoms with Gasteiger partial charge in [-0.15, -0.1) is 0 Å². The van der Waals surface area contributed by atoms with Crippen molar-refractivity contribution in [1.82, 2.24) is 9.97 Å². The minimum Gasteiger partial charge on any atom is -0.497 e. The molecule has 2 heterocycles. The van der Waals surface area contributed by atoms with Gasteiger partial charge in [-0.1, -0.05) is 0 Å². The fourth-order valence-electron chi connectivity index (χ4n) is 1.77. The highest BCUT2D eigenvalue weighted by Gasteiger charge is 2.13. The van der Waals surface area contributed by atoms with Gasteiger partial charge in [0.25, 0.3) is 5.56 Å². The molecular formula is C12H8N2O3S. The maximum Gasteiger partial charge on any atom is 0.262 e. The Bertz CT molecular complexity index is 822. The molecule has 6 heteroatoms. The number of aromatic amines is 1. The number of H-pyrrole nitrogens is 1. The van der Waals surface area contributed by atoms with Crippen LogP contribution in [0.15, 0.2) is 33.5 Å². The molecule has 2 aliphatic rings. The van der Waals surface area contributed by atoms with E-state index in [4.69, 9.17) is 21.4 Å². The lowest BCUT2D eigenvalue weighted by atomic mass is 10.1. The zero-order valence-electron chi connectivity index (χ0n) is 9.39. The highest BCUT2D eigenvalue weighted by atomic mass is 32.1. The number of ether oxygens (including phenoxy) is 1. The standard InChI is InChI=1S/C12H8N2O3S/c1-16-7-2-3-9-6(4-7)5-8-10(15)13-12(18)14-11(8)17-9/h2-5H,1H3,(H,13,15,18). The van der Waals surface area contributed by atoms with Crippen LogP contribution in [0.3, 0.4) is 0 Å². The van der Waals surface area contributed by atoms with Crippen LogP contribution in [0.5, 0.6) is 5.75 Å². The van der Waals surface area contributed by atoms with Gasteiger partial charge < -0.3 is 9.15 Å². The van der Waals surface area contributed by atoms with Crippen LogP contribution in [-0.2, 0) is 0 Å². The number of nitrogens with zero attached hydrogens (tertiary/aromatic N) is 1. The van der Waals surface area contributed by atoms with Crippen molar-refractivity contribution >= 4 is 23.2 Å². The molecule has 1 aromatic carbocycles. The lowest BCUT2D eigenvalue weighted by Gasteiger charge is -2.06. The van der Waals surface area contributed by atoms with E-state index < -0.39 is 0 Å². The van der Waals surface area contributed by atoms with Crippen molar-refractivity contribution in [3.05, 3.63) is 39.4 Å². The van der Waals surface area contributed by atoms with E-state index in [2.05, 4.69) is 9.97 Å². The van der Waals surface area contributed by atoms with Crippen LogP contribution >= 0.6 is 12.2 Å². The molecule has 0 bridgehead atoms. The molecule has 1 aromatic rings. The number of aromatic nitrogens is 2. The Morgan fingerprint density at radius 1 is 1.39 bits per heavy atom. The van der Waals surface area contributed by atoms with E-state index in [0.29, 0.717) is 16.9 Å². The van der Waals surface area contributed by atoms with Gasteiger partial charge in [0.05, 0.1) is 7.11 Å². The number of benzene rings is 1. The molecule has 90 valence electrons. The third kappa shape index (κ3) is 1.67. The van der Waals surface area contributed by atoms with Crippen LogP contribution in [0, 0.1) is 4.77 Å². The maximum atomic E-state index is 11.7. The van der Waals surface area contributed by atoms with E-state index in [1.807, 2.05) is 0 Å². The molecule has 0 aliphatic carbocycles. The Labute approximate surface area is 106 Å². The molecule has 0 atom stereocenters. The summed E-state index contributed by atoms with van der Waals surface area (Å²) in [6.45, 7) is 0. The topological polar surface area (TPSA) is 68.1 Å². The van der Waals surface area contributed by atoms with E-state index >= 15 is 0 Å². The van der Waals surface area contributed by atoms with E-state index in [-0.39, 0.29) is 16.2 Å². The van der Waals surface area contributed by atoms with Gasteiger partial charge in [-0.05, 0) is 36.5 Å². The molecule has 1 N–H and O–H groups in total. The highest BCUT2D eigenvalue weighted by Crippen LogP contribution is 2.26. The SMILES string of the molecule is COc1ccc2oc3nc(=S)[nH]c(=O)c-3cc2c1. The Morgan fingerprint density at radius 3 is 3.00 bits per heavy atom. The van der Waals surface area contributed by atoms with Crippen LogP contribution < -0.4 is 10.3 Å². The lowest BCUT2D eigenvalue weighted by molar-refractivity contribution is 0.415. The van der Waals surface area contributed by atoms with Gasteiger partial charge in [-0.25, -0.2) is 0 Å². The molecule has 5 nitrogen and oxygen atoms in total. The first-order chi connectivity index (χ1) is 8.67. The molecule has 0 spiro atoms. The van der Waals surface area contributed by atoms with Gasteiger partial charge >= 0.3 is 0 Å². The summed E-state index contributed by atoms with van der Waals surface area (Å²) < 4.78 is 10.8. The minimum absolute atomic E-state index is 0.115. The summed E-state index contributed by atoms with van der Waals surface area (Å²) in [6.07, 6.45) is 0. The molecule has 0 unspecified atom stereocenters. The van der Waals surface area contributed by atoms with Crippen molar-refractivity contribution in [2.75, 3.05) is 7.11 Å². The summed E-state index contributed by atoms with van der Waals surface area (Å²) in [5, 5.41) is 0.770. The highest BCUT2D eigenvalue weighted by molar-refractivity contribution is 7.71. The first kappa shape index (κ1) is 10.9. The Hall–Kier alpha value is -2.21. The van der Waals surface area contributed by atoms with E-state index in [1.54, 1.807) is 31.4 Å². The second-order valence-electron chi connectivity index (χ2n) is 3.74. The molecule has 0 radical (unpaired) electrons. The number of rotatable bonds is 1. The van der Waals surface area contributed by atoms with E-state index in [9.17, 15) is 4.79 Å². The average molecular weight is 260 g/mol. The predicted octanol–water partition coefficient (Wildman–Crippen LogP) is 2.36. The first-order valence-corrected chi connectivity index (χ1v) is 5.60. The summed E-state index contributed by atoms with van der Waals surface area (Å²) in [4.78, 5) is 18.2. The van der Waals surface area contributed by atoms with Crippen molar-refractivity contribution in [2.45, 2.75) is 0 Å². The van der Waals surface area contributed by atoms with Crippen molar-refractivity contribution in [3.8, 4) is 17.2 Å². The van der Waals surface area contributed by atoms with Crippen molar-refractivity contribution in [3.63, 3.8) is 0 Å². The Morgan fingerprint density at radius 2 is 2.22 bits per heavy atom. The summed E-state index contributed by atoms with van der Waals surface area (Å²) in [5.74, 6) is 0.933. The Kier molecular flexibility index (Phi) is 2.38. The third-order valence-corrected chi connectivity index (χ3v) is 2.82. The monoisotopic (exact) mass is 260 g/mol. The molecule has 0 aromatic heterocycles. The Balaban J connectivity index is 2.44. The molecule has 0 amide bonds. The van der Waals surface area contributed by atoms with Crippen molar-refractivity contribution < 1.29 is 9.15 Å². The van der Waals surface area contributed by atoms with Gasteiger partial charge in [0.2, 0.25) is 10.7 Å². The second kappa shape index (κ2) is 3.92. The fraction of sp³-hybridized carbons (Fsp3) is 0.0833. The van der Waals surface area contributed by atoms with Crippen LogP contribution in [0.1, 0.15) is 0 Å². The normalized spacial score (nSPS) is 10.9. The molecule has 2 aliphatic heterocycles. The molecule has 3 rings (SSSR count). The summed E-state index contributed by atoms with van der Waals surface area (Å²) in [6, 6.07) is 7.04. The minimum atomic E-state index is -0.307. The van der Waals surface area contributed by atoms with Crippen LogP contribution in [-0.4, -0.2) is 17.1 Å². The quantitative estimate of drug-likeness (QED) is 0.537. The van der Waals surface area contributed by atoms with Gasteiger partial charge in [0.1, 0.15) is 16.9 Å². The van der Waals surface area contributed by atoms with Gasteiger partial charge in [0, 0.05) is 5.39 Å². The average Bonchev–Trinajstić information content (AvgIpc) is 2.36. The van der Waals surface area contributed by atoms with Crippen molar-refractivity contribution in [2.24, 2.45) is 0 Å².